The molecule has 5 aromatic carbocycles. The lowest BCUT2D eigenvalue weighted by atomic mass is 10.1. The van der Waals surface area contributed by atoms with Gasteiger partial charge in [-0.2, -0.15) is 0 Å². The summed E-state index contributed by atoms with van der Waals surface area (Å²) >= 11 is 0. The van der Waals surface area contributed by atoms with E-state index in [-0.39, 0.29) is 11.6 Å². The molecule has 0 aliphatic carbocycles. The topological polar surface area (TPSA) is 44.8 Å². The maximum Gasteiger partial charge on any atom is 0.185 e. The lowest BCUT2D eigenvalue weighted by molar-refractivity contribution is 0.104. The lowest BCUT2D eigenvalue weighted by Crippen LogP contribution is -2.08. The molecule has 0 spiro atoms. The summed E-state index contributed by atoms with van der Waals surface area (Å²) in [4.78, 5) is 12.2. The quantitative estimate of drug-likeness (QED) is 0.0851. The van der Waals surface area contributed by atoms with Crippen LogP contribution < -0.4 is 14.2 Å². The molecule has 0 saturated carbocycles. The van der Waals surface area contributed by atoms with Crippen LogP contribution in [0.1, 0.15) is 28.4 Å². The predicted molar refractivity (Wildman–Crippen MR) is 170 cm³/mol. The Kier molecular flexibility index (Phi) is 9.45. The fraction of sp³-hybridized carbons (Fsp3) is 0.0789. The first-order valence-electron chi connectivity index (χ1n) is 13.9. The summed E-state index contributed by atoms with van der Waals surface area (Å²) in [6.07, 6.45) is 3.19. The Balaban J connectivity index is 1.05. The fourth-order valence-corrected chi connectivity index (χ4v) is 4.28. The first-order chi connectivity index (χ1) is 20.9. The average Bonchev–Trinajstić information content (AvgIpc) is 3.04. The van der Waals surface area contributed by atoms with Crippen molar-refractivity contribution >= 4 is 17.4 Å². The zero-order valence-electron chi connectivity index (χ0n) is 23.8. The highest BCUT2D eigenvalue weighted by atomic mass is 19.1. The fourth-order valence-electron chi connectivity index (χ4n) is 4.28. The molecule has 0 saturated heterocycles. The van der Waals surface area contributed by atoms with Crippen LogP contribution in [0.4, 0.5) is 4.39 Å². The van der Waals surface area contributed by atoms with Crippen LogP contribution in [0.15, 0.2) is 134 Å². The number of hydrogen-bond acceptors (Lipinski definition) is 4. The summed E-state index contributed by atoms with van der Waals surface area (Å²) in [5, 5.41) is 0. The van der Waals surface area contributed by atoms with Crippen LogP contribution in [0.25, 0.3) is 22.8 Å². The van der Waals surface area contributed by atoms with E-state index in [1.807, 2.05) is 104 Å². The van der Waals surface area contributed by atoms with Gasteiger partial charge in [0, 0.05) is 5.56 Å². The van der Waals surface area contributed by atoms with E-state index in [2.05, 4.69) is 6.58 Å². The van der Waals surface area contributed by atoms with Crippen molar-refractivity contribution in [3.05, 3.63) is 156 Å². The number of carbonyl (C=O) groups is 1. The van der Waals surface area contributed by atoms with Gasteiger partial charge < -0.3 is 14.2 Å². The minimum atomic E-state index is -0.370. The van der Waals surface area contributed by atoms with Gasteiger partial charge in [-0.05, 0) is 108 Å². The smallest absolute Gasteiger partial charge is 0.185 e. The molecule has 5 aromatic rings. The second kappa shape index (κ2) is 14.0. The van der Waals surface area contributed by atoms with Crippen LogP contribution in [0.5, 0.6) is 23.0 Å². The maximum atomic E-state index is 13.0. The summed E-state index contributed by atoms with van der Waals surface area (Å²) in [7, 11) is 0. The van der Waals surface area contributed by atoms with E-state index in [4.69, 9.17) is 14.2 Å². The molecule has 4 nitrogen and oxygen atoms in total. The summed E-state index contributed by atoms with van der Waals surface area (Å²) in [5.74, 6) is 2.47. The van der Waals surface area contributed by atoms with Gasteiger partial charge in [-0.15, -0.1) is 0 Å². The van der Waals surface area contributed by atoms with Crippen LogP contribution in [0.3, 0.4) is 0 Å². The van der Waals surface area contributed by atoms with Crippen molar-refractivity contribution in [2.75, 3.05) is 13.2 Å². The SMILES string of the molecule is C=C(C)c1ccc(Oc2ccc(-c3ccc(OCCOc4ccc(/C=C/C(=O)c5ccc(F)cc5)cc4)cc3)cc2)cc1. The molecule has 43 heavy (non-hydrogen) atoms. The molecule has 0 aromatic heterocycles. The molecule has 0 radical (unpaired) electrons. The van der Waals surface area contributed by atoms with Gasteiger partial charge >= 0.3 is 0 Å². The molecule has 214 valence electrons. The number of ketones is 1. The van der Waals surface area contributed by atoms with Crippen LogP contribution in [-0.2, 0) is 0 Å². The van der Waals surface area contributed by atoms with E-state index in [1.165, 1.54) is 30.3 Å². The molecule has 0 N–H and O–H groups in total. The minimum absolute atomic E-state index is 0.185. The van der Waals surface area contributed by atoms with Crippen molar-refractivity contribution in [1.29, 1.82) is 0 Å². The summed E-state index contributed by atoms with van der Waals surface area (Å²) in [5.41, 5.74) is 5.57. The van der Waals surface area contributed by atoms with Crippen molar-refractivity contribution in [2.24, 2.45) is 0 Å². The summed E-state index contributed by atoms with van der Waals surface area (Å²) in [6, 6.07) is 36.7. The first kappa shape index (κ1) is 29.1. The van der Waals surface area contributed by atoms with Crippen molar-refractivity contribution in [3.8, 4) is 34.1 Å². The van der Waals surface area contributed by atoms with Gasteiger partial charge in [0.2, 0.25) is 0 Å². The molecule has 0 amide bonds. The number of benzene rings is 5. The highest BCUT2D eigenvalue weighted by molar-refractivity contribution is 6.06. The molecular formula is C38H31FO4. The second-order valence-electron chi connectivity index (χ2n) is 9.93. The lowest BCUT2D eigenvalue weighted by Gasteiger charge is -2.10. The van der Waals surface area contributed by atoms with E-state index < -0.39 is 0 Å². The molecule has 0 heterocycles. The van der Waals surface area contributed by atoms with Gasteiger partial charge in [0.05, 0.1) is 0 Å². The van der Waals surface area contributed by atoms with E-state index in [0.717, 1.165) is 45.1 Å². The molecular weight excluding hydrogens is 539 g/mol. The van der Waals surface area contributed by atoms with Gasteiger partial charge in [0.1, 0.15) is 42.0 Å². The van der Waals surface area contributed by atoms with Crippen LogP contribution >= 0.6 is 0 Å². The molecule has 0 aliphatic heterocycles. The van der Waals surface area contributed by atoms with Gasteiger partial charge in [-0.25, -0.2) is 4.39 Å². The van der Waals surface area contributed by atoms with Crippen molar-refractivity contribution < 1.29 is 23.4 Å². The highest BCUT2D eigenvalue weighted by Crippen LogP contribution is 2.28. The van der Waals surface area contributed by atoms with Crippen molar-refractivity contribution in [1.82, 2.24) is 0 Å². The Morgan fingerprint density at radius 3 is 1.58 bits per heavy atom. The first-order valence-corrected chi connectivity index (χ1v) is 13.9. The second-order valence-corrected chi connectivity index (χ2v) is 9.93. The number of hydrogen-bond donors (Lipinski definition) is 0. The number of rotatable bonds is 12. The van der Waals surface area contributed by atoms with Crippen LogP contribution in [0.2, 0.25) is 0 Å². The van der Waals surface area contributed by atoms with Gasteiger partial charge in [0.25, 0.3) is 0 Å². The Morgan fingerprint density at radius 2 is 1.07 bits per heavy atom. The molecule has 0 unspecified atom stereocenters. The van der Waals surface area contributed by atoms with Crippen molar-refractivity contribution in [3.63, 3.8) is 0 Å². The third kappa shape index (κ3) is 8.30. The van der Waals surface area contributed by atoms with E-state index in [9.17, 15) is 9.18 Å². The average molecular weight is 571 g/mol. The number of allylic oxidation sites excluding steroid dienone is 2. The molecule has 0 atom stereocenters. The molecule has 0 fully saturated rings. The van der Waals surface area contributed by atoms with Gasteiger partial charge in [-0.1, -0.05) is 66.8 Å². The maximum absolute atomic E-state index is 13.0. The predicted octanol–water partition coefficient (Wildman–Crippen LogP) is 9.67. The number of halogens is 1. The Morgan fingerprint density at radius 1 is 0.628 bits per heavy atom. The van der Waals surface area contributed by atoms with Crippen molar-refractivity contribution in [2.45, 2.75) is 6.92 Å². The summed E-state index contributed by atoms with van der Waals surface area (Å²) < 4.78 is 30.6. The van der Waals surface area contributed by atoms with Gasteiger partial charge in [-0.3, -0.25) is 4.79 Å². The third-order valence-electron chi connectivity index (χ3n) is 6.68. The Bertz CT molecular complexity index is 1690. The molecule has 5 rings (SSSR count). The van der Waals surface area contributed by atoms with E-state index in [0.29, 0.717) is 24.5 Å². The monoisotopic (exact) mass is 570 g/mol. The Labute approximate surface area is 251 Å². The molecule has 5 heteroatoms. The van der Waals surface area contributed by atoms with Crippen LogP contribution in [0, 0.1) is 5.82 Å². The number of carbonyl (C=O) groups excluding carboxylic acids is 1. The van der Waals surface area contributed by atoms with E-state index >= 15 is 0 Å². The summed E-state index contributed by atoms with van der Waals surface area (Å²) in [6.45, 7) is 6.73. The minimum Gasteiger partial charge on any atom is -0.490 e. The zero-order valence-corrected chi connectivity index (χ0v) is 23.8. The Hall–Kier alpha value is -5.42. The normalized spacial score (nSPS) is 10.8. The van der Waals surface area contributed by atoms with Crippen LogP contribution in [-0.4, -0.2) is 19.0 Å². The molecule has 0 bridgehead atoms. The van der Waals surface area contributed by atoms with Gasteiger partial charge in [0.15, 0.2) is 5.78 Å². The van der Waals surface area contributed by atoms with E-state index in [1.54, 1.807) is 6.08 Å². The molecule has 0 aliphatic rings. The zero-order chi connectivity index (χ0) is 30.0. The third-order valence-corrected chi connectivity index (χ3v) is 6.68. The standard InChI is InChI=1S/C38H31FO4/c1-27(2)29-8-20-36(21-9-29)43-37-22-12-31(13-23-37)30-10-18-35(19-11-30)42-26-25-41-34-16-3-28(4-17-34)5-24-38(40)32-6-14-33(39)15-7-32/h3-24H,1,25-26H2,2H3/b24-5+. The largest absolute Gasteiger partial charge is 0.490 e. The number of ether oxygens (including phenoxy) is 3. The highest BCUT2D eigenvalue weighted by Gasteiger charge is 2.04.